The van der Waals surface area contributed by atoms with Crippen molar-refractivity contribution in [1.29, 1.82) is 0 Å². The van der Waals surface area contributed by atoms with E-state index in [4.69, 9.17) is 4.55 Å². The zero-order valence-electron chi connectivity index (χ0n) is 18.3. The van der Waals surface area contributed by atoms with Crippen LogP contribution in [0.3, 0.4) is 0 Å². The van der Waals surface area contributed by atoms with Crippen LogP contribution in [0.15, 0.2) is 60.8 Å². The third-order valence-electron chi connectivity index (χ3n) is 4.11. The molecule has 0 spiro atoms. The number of allylic oxidation sites excluding steroid dienone is 10. The molecule has 0 aliphatic heterocycles. The van der Waals surface area contributed by atoms with Crippen LogP contribution in [0.4, 0.5) is 0 Å². The lowest BCUT2D eigenvalue weighted by Crippen LogP contribution is -2.28. The van der Waals surface area contributed by atoms with Crippen LogP contribution in [0, 0.1) is 0 Å². The van der Waals surface area contributed by atoms with Crippen LogP contribution in [0.2, 0.25) is 0 Å². The summed E-state index contributed by atoms with van der Waals surface area (Å²) < 4.78 is 29.7. The Morgan fingerprint density at radius 3 is 1.77 bits per heavy atom. The third-order valence-corrected chi connectivity index (χ3v) is 4.83. The molecule has 0 rings (SSSR count). The molecule has 0 aromatic rings. The molecule has 1 amide bonds. The van der Waals surface area contributed by atoms with E-state index in [1.807, 2.05) is 0 Å². The summed E-state index contributed by atoms with van der Waals surface area (Å²) in [6.07, 6.45) is 31.0. The van der Waals surface area contributed by atoms with Gasteiger partial charge in [-0.15, -0.1) is 0 Å². The predicted molar refractivity (Wildman–Crippen MR) is 127 cm³/mol. The average Bonchev–Trinajstić information content (AvgIpc) is 2.68. The molecule has 0 atom stereocenters. The largest absolute Gasteiger partial charge is 0.355 e. The van der Waals surface area contributed by atoms with Gasteiger partial charge in [0.2, 0.25) is 5.91 Å². The fourth-order valence-electron chi connectivity index (χ4n) is 2.50. The maximum Gasteiger partial charge on any atom is 0.266 e. The van der Waals surface area contributed by atoms with Gasteiger partial charge in [-0.05, 0) is 51.4 Å². The van der Waals surface area contributed by atoms with Gasteiger partial charge in [-0.2, -0.15) is 8.42 Å². The summed E-state index contributed by atoms with van der Waals surface area (Å²) in [4.78, 5) is 11.5. The van der Waals surface area contributed by atoms with E-state index in [0.29, 0.717) is 6.42 Å². The maximum absolute atomic E-state index is 11.5. The Hall–Kier alpha value is -1.92. The summed E-state index contributed by atoms with van der Waals surface area (Å²) in [6, 6.07) is 0. The first-order valence-corrected chi connectivity index (χ1v) is 12.5. The molecule has 0 aromatic heterocycles. The van der Waals surface area contributed by atoms with Gasteiger partial charge in [0.1, 0.15) is 0 Å². The van der Waals surface area contributed by atoms with E-state index in [-0.39, 0.29) is 12.5 Å². The Balaban J connectivity index is 3.51. The number of hydrogen-bond acceptors (Lipinski definition) is 3. The van der Waals surface area contributed by atoms with Crippen molar-refractivity contribution in [1.82, 2.24) is 5.32 Å². The molecule has 30 heavy (non-hydrogen) atoms. The first kappa shape index (κ1) is 28.1. The second-order valence-corrected chi connectivity index (χ2v) is 8.52. The van der Waals surface area contributed by atoms with E-state index in [1.165, 1.54) is 0 Å². The van der Waals surface area contributed by atoms with Gasteiger partial charge in [0.05, 0.1) is 5.75 Å². The molecular weight excluding hydrogens is 398 g/mol. The van der Waals surface area contributed by atoms with Crippen molar-refractivity contribution in [2.45, 2.75) is 71.1 Å². The molecule has 0 aliphatic rings. The van der Waals surface area contributed by atoms with Crippen molar-refractivity contribution in [3.63, 3.8) is 0 Å². The highest BCUT2D eigenvalue weighted by Crippen LogP contribution is 2.04. The first-order chi connectivity index (χ1) is 14.5. The summed E-state index contributed by atoms with van der Waals surface area (Å²) in [5.74, 6) is -0.614. The van der Waals surface area contributed by atoms with Crippen LogP contribution in [0.25, 0.3) is 0 Å². The summed E-state index contributed by atoms with van der Waals surface area (Å²) in [5.41, 5.74) is 0. The molecule has 0 bridgehead atoms. The van der Waals surface area contributed by atoms with Crippen molar-refractivity contribution in [3.8, 4) is 0 Å². The van der Waals surface area contributed by atoms with Crippen LogP contribution < -0.4 is 5.32 Å². The van der Waals surface area contributed by atoms with E-state index >= 15 is 0 Å². The van der Waals surface area contributed by atoms with E-state index in [9.17, 15) is 13.2 Å². The lowest BCUT2D eigenvalue weighted by molar-refractivity contribution is -0.121. The molecule has 0 unspecified atom stereocenters. The molecule has 0 saturated heterocycles. The third kappa shape index (κ3) is 24.1. The van der Waals surface area contributed by atoms with Gasteiger partial charge in [0.25, 0.3) is 10.1 Å². The minimum Gasteiger partial charge on any atom is -0.355 e. The van der Waals surface area contributed by atoms with Crippen LogP contribution in [0.5, 0.6) is 0 Å². The SMILES string of the molecule is CC/C=C\C/C=C\C/C=C\C/C=C\C/C=C\CCCCCC(=O)NCCS(=O)(=O)O. The molecule has 0 saturated carbocycles. The molecular formula is C24H39NO4S. The van der Waals surface area contributed by atoms with Crippen LogP contribution in [-0.2, 0) is 14.9 Å². The summed E-state index contributed by atoms with van der Waals surface area (Å²) >= 11 is 0. The minimum atomic E-state index is -4.01. The van der Waals surface area contributed by atoms with Crippen molar-refractivity contribution >= 4 is 16.0 Å². The number of rotatable bonds is 18. The normalized spacial score (nSPS) is 13.0. The second-order valence-electron chi connectivity index (χ2n) is 6.94. The highest BCUT2D eigenvalue weighted by molar-refractivity contribution is 7.85. The fraction of sp³-hybridized carbons (Fsp3) is 0.542. The Kier molecular flexibility index (Phi) is 19.1. The van der Waals surface area contributed by atoms with Gasteiger partial charge in [-0.1, -0.05) is 74.1 Å². The van der Waals surface area contributed by atoms with Crippen molar-refractivity contribution < 1.29 is 17.8 Å². The van der Waals surface area contributed by atoms with E-state index in [2.05, 4.69) is 73.0 Å². The molecule has 0 aliphatic carbocycles. The van der Waals surface area contributed by atoms with Crippen LogP contribution in [0.1, 0.15) is 71.1 Å². The number of carbonyl (C=O) groups excluding carboxylic acids is 1. The Morgan fingerprint density at radius 2 is 1.27 bits per heavy atom. The Bertz CT molecular complexity index is 673. The van der Waals surface area contributed by atoms with E-state index in [1.54, 1.807) is 0 Å². The molecule has 0 heterocycles. The molecule has 5 nitrogen and oxygen atoms in total. The highest BCUT2D eigenvalue weighted by Gasteiger charge is 2.05. The maximum atomic E-state index is 11.5. The average molecular weight is 438 g/mol. The van der Waals surface area contributed by atoms with Crippen molar-refractivity contribution in [2.24, 2.45) is 0 Å². The summed E-state index contributed by atoms with van der Waals surface area (Å²) in [7, 11) is -4.01. The Morgan fingerprint density at radius 1 is 0.767 bits per heavy atom. The fourth-order valence-corrected chi connectivity index (χ4v) is 2.86. The van der Waals surface area contributed by atoms with Crippen molar-refractivity contribution in [3.05, 3.63) is 60.8 Å². The van der Waals surface area contributed by atoms with Gasteiger partial charge < -0.3 is 5.32 Å². The summed E-state index contributed by atoms with van der Waals surface area (Å²) in [6.45, 7) is 2.10. The van der Waals surface area contributed by atoms with Crippen LogP contribution in [-0.4, -0.2) is 31.2 Å². The smallest absolute Gasteiger partial charge is 0.266 e. The standard InChI is InChI=1S/C24H39NO4S/c1-2-3-4-5-6-7-8-9-10-11-12-13-14-15-16-17-18-19-20-21-24(26)25-22-23-30(27,28)29/h3-4,6-7,9-10,12-13,15-16H,2,5,8,11,14,17-23H2,1H3,(H,25,26)(H,27,28,29)/b4-3-,7-6-,10-9-,13-12-,16-15-. The van der Waals surface area contributed by atoms with Gasteiger partial charge in [-0.3, -0.25) is 9.35 Å². The lowest BCUT2D eigenvalue weighted by atomic mass is 10.1. The number of unbranched alkanes of at least 4 members (excludes halogenated alkanes) is 3. The highest BCUT2D eigenvalue weighted by atomic mass is 32.2. The van der Waals surface area contributed by atoms with Gasteiger partial charge >= 0.3 is 0 Å². The van der Waals surface area contributed by atoms with E-state index in [0.717, 1.165) is 57.8 Å². The Labute approximate surface area is 183 Å². The van der Waals surface area contributed by atoms with Gasteiger partial charge in [0.15, 0.2) is 0 Å². The van der Waals surface area contributed by atoms with Crippen LogP contribution >= 0.6 is 0 Å². The topological polar surface area (TPSA) is 83.5 Å². The number of hydrogen-bond donors (Lipinski definition) is 2. The monoisotopic (exact) mass is 437 g/mol. The molecule has 6 heteroatoms. The van der Waals surface area contributed by atoms with Gasteiger partial charge in [0, 0.05) is 13.0 Å². The van der Waals surface area contributed by atoms with E-state index < -0.39 is 15.9 Å². The minimum absolute atomic E-state index is 0.0439. The zero-order valence-corrected chi connectivity index (χ0v) is 19.2. The quantitative estimate of drug-likeness (QED) is 0.164. The number of carbonyl (C=O) groups is 1. The lowest BCUT2D eigenvalue weighted by Gasteiger charge is -2.03. The number of amides is 1. The number of nitrogens with one attached hydrogen (secondary N) is 1. The molecule has 0 radical (unpaired) electrons. The summed E-state index contributed by atoms with van der Waals surface area (Å²) in [5, 5.41) is 2.49. The zero-order chi connectivity index (χ0) is 22.3. The molecule has 2 N–H and O–H groups in total. The predicted octanol–water partition coefficient (Wildman–Crippen LogP) is 5.69. The van der Waals surface area contributed by atoms with Crippen molar-refractivity contribution in [2.75, 3.05) is 12.3 Å². The first-order valence-electron chi connectivity index (χ1n) is 10.9. The molecule has 0 aromatic carbocycles. The molecule has 0 fully saturated rings. The second kappa shape index (κ2) is 20.4. The molecule has 170 valence electrons. The van der Waals surface area contributed by atoms with Gasteiger partial charge in [-0.25, -0.2) is 0 Å².